The molecular formula is C12H20N4O2. The first-order chi connectivity index (χ1) is 8.67. The van der Waals surface area contributed by atoms with Crippen LogP contribution in [0, 0.1) is 0 Å². The van der Waals surface area contributed by atoms with E-state index in [1.807, 2.05) is 0 Å². The molecule has 1 aliphatic rings. The third-order valence-electron chi connectivity index (χ3n) is 3.72. The Balaban J connectivity index is 1.94. The second kappa shape index (κ2) is 5.48. The van der Waals surface area contributed by atoms with Crippen molar-refractivity contribution in [2.24, 2.45) is 7.05 Å². The molecule has 18 heavy (non-hydrogen) atoms. The lowest BCUT2D eigenvalue weighted by Gasteiger charge is -2.36. The van der Waals surface area contributed by atoms with E-state index in [-0.39, 0.29) is 11.5 Å². The van der Waals surface area contributed by atoms with Crippen molar-refractivity contribution in [1.82, 2.24) is 20.3 Å². The van der Waals surface area contributed by atoms with Gasteiger partial charge in [-0.1, -0.05) is 24.5 Å². The number of rotatable bonds is 4. The summed E-state index contributed by atoms with van der Waals surface area (Å²) in [5, 5.41) is 10.4. The van der Waals surface area contributed by atoms with E-state index in [9.17, 15) is 4.79 Å². The van der Waals surface area contributed by atoms with Crippen molar-refractivity contribution in [3.63, 3.8) is 0 Å². The largest absolute Gasteiger partial charge is 0.376 e. The summed E-state index contributed by atoms with van der Waals surface area (Å²) in [5.41, 5.74) is 0.275. The zero-order valence-electron chi connectivity index (χ0n) is 11.0. The van der Waals surface area contributed by atoms with Crippen LogP contribution in [0.1, 0.15) is 42.6 Å². The lowest BCUT2D eigenvalue weighted by Crippen LogP contribution is -2.46. The maximum atomic E-state index is 12.0. The molecule has 1 fully saturated rings. The van der Waals surface area contributed by atoms with E-state index in [0.29, 0.717) is 12.2 Å². The molecule has 1 heterocycles. The summed E-state index contributed by atoms with van der Waals surface area (Å²) in [6.45, 7) is 0.549. The number of methoxy groups -OCH3 is 1. The third kappa shape index (κ3) is 2.69. The fourth-order valence-corrected chi connectivity index (χ4v) is 2.48. The quantitative estimate of drug-likeness (QED) is 0.864. The van der Waals surface area contributed by atoms with Gasteiger partial charge in [0.25, 0.3) is 5.91 Å². The maximum Gasteiger partial charge on any atom is 0.271 e. The van der Waals surface area contributed by atoms with Gasteiger partial charge in [0.05, 0.1) is 11.8 Å². The third-order valence-corrected chi connectivity index (χ3v) is 3.72. The van der Waals surface area contributed by atoms with Crippen LogP contribution in [0.25, 0.3) is 0 Å². The molecule has 1 aromatic rings. The van der Waals surface area contributed by atoms with Gasteiger partial charge in [-0.25, -0.2) is 4.68 Å². The number of nitrogens with zero attached hydrogens (tertiary/aromatic N) is 3. The van der Waals surface area contributed by atoms with Gasteiger partial charge in [0, 0.05) is 20.7 Å². The van der Waals surface area contributed by atoms with E-state index in [4.69, 9.17) is 4.74 Å². The lowest BCUT2D eigenvalue weighted by molar-refractivity contribution is -0.0364. The standard InChI is InChI=1S/C12H20N4O2/c1-16-10(8-14-15-16)11(17)13-9-12(18-2)6-4-3-5-7-12/h8H,3-7,9H2,1-2H3,(H,13,17). The monoisotopic (exact) mass is 252 g/mol. The normalized spacial score (nSPS) is 18.6. The van der Waals surface area contributed by atoms with Crippen LogP contribution >= 0.6 is 0 Å². The minimum absolute atomic E-state index is 0.149. The number of hydrogen-bond donors (Lipinski definition) is 1. The summed E-state index contributed by atoms with van der Waals surface area (Å²) in [4.78, 5) is 12.0. The predicted octanol–water partition coefficient (Wildman–Crippen LogP) is 0.894. The van der Waals surface area contributed by atoms with Crippen LogP contribution in [0.2, 0.25) is 0 Å². The van der Waals surface area contributed by atoms with E-state index in [0.717, 1.165) is 25.7 Å². The van der Waals surface area contributed by atoms with E-state index in [1.165, 1.54) is 17.3 Å². The highest BCUT2D eigenvalue weighted by atomic mass is 16.5. The Morgan fingerprint density at radius 1 is 1.50 bits per heavy atom. The molecule has 0 aliphatic heterocycles. The maximum absolute atomic E-state index is 12.0. The topological polar surface area (TPSA) is 69.0 Å². The van der Waals surface area contributed by atoms with Gasteiger partial charge in [0.2, 0.25) is 0 Å². The zero-order chi connectivity index (χ0) is 13.0. The molecule has 1 aromatic heterocycles. The molecule has 1 saturated carbocycles. The molecule has 0 spiro atoms. The van der Waals surface area contributed by atoms with Gasteiger partial charge in [-0.2, -0.15) is 0 Å². The van der Waals surface area contributed by atoms with Crippen molar-refractivity contribution in [3.05, 3.63) is 11.9 Å². The van der Waals surface area contributed by atoms with Gasteiger partial charge in [-0.3, -0.25) is 4.79 Å². The summed E-state index contributed by atoms with van der Waals surface area (Å²) in [5.74, 6) is -0.149. The van der Waals surface area contributed by atoms with E-state index < -0.39 is 0 Å². The second-order valence-electron chi connectivity index (χ2n) is 4.87. The number of carbonyl (C=O) groups is 1. The molecule has 1 aliphatic carbocycles. The lowest BCUT2D eigenvalue weighted by atomic mass is 9.84. The number of nitrogens with one attached hydrogen (secondary N) is 1. The molecule has 0 radical (unpaired) electrons. The minimum Gasteiger partial charge on any atom is -0.376 e. The number of carbonyl (C=O) groups excluding carboxylic acids is 1. The molecule has 0 atom stereocenters. The molecule has 2 rings (SSSR count). The molecule has 6 heteroatoms. The molecule has 0 aromatic carbocycles. The van der Waals surface area contributed by atoms with Crippen molar-refractivity contribution in [2.45, 2.75) is 37.7 Å². The Labute approximate surface area is 107 Å². The van der Waals surface area contributed by atoms with E-state index >= 15 is 0 Å². The zero-order valence-corrected chi connectivity index (χ0v) is 11.0. The average molecular weight is 252 g/mol. The van der Waals surface area contributed by atoms with Gasteiger partial charge in [0.15, 0.2) is 0 Å². The molecule has 0 saturated heterocycles. The fourth-order valence-electron chi connectivity index (χ4n) is 2.48. The summed E-state index contributed by atoms with van der Waals surface area (Å²) in [6, 6.07) is 0. The van der Waals surface area contributed by atoms with Crippen LogP contribution in [-0.2, 0) is 11.8 Å². The summed E-state index contributed by atoms with van der Waals surface area (Å²) >= 11 is 0. The van der Waals surface area contributed by atoms with Crippen molar-refractivity contribution < 1.29 is 9.53 Å². The van der Waals surface area contributed by atoms with Crippen molar-refractivity contribution in [1.29, 1.82) is 0 Å². The fraction of sp³-hybridized carbons (Fsp3) is 0.750. The highest BCUT2D eigenvalue weighted by Crippen LogP contribution is 2.30. The SMILES string of the molecule is COC1(CNC(=O)c2cnnn2C)CCCCC1. The molecule has 1 N–H and O–H groups in total. The molecule has 0 bridgehead atoms. The predicted molar refractivity (Wildman–Crippen MR) is 66.2 cm³/mol. The van der Waals surface area contributed by atoms with Crippen molar-refractivity contribution in [3.8, 4) is 0 Å². The summed E-state index contributed by atoms with van der Waals surface area (Å²) in [7, 11) is 3.43. The number of aromatic nitrogens is 3. The second-order valence-corrected chi connectivity index (χ2v) is 4.87. The summed E-state index contributed by atoms with van der Waals surface area (Å²) < 4.78 is 7.09. The number of ether oxygens (including phenoxy) is 1. The van der Waals surface area contributed by atoms with Gasteiger partial charge in [0.1, 0.15) is 5.69 Å². The van der Waals surface area contributed by atoms with Crippen molar-refractivity contribution >= 4 is 5.91 Å². The van der Waals surface area contributed by atoms with Crippen LogP contribution in [0.15, 0.2) is 6.20 Å². The van der Waals surface area contributed by atoms with Gasteiger partial charge in [-0.05, 0) is 12.8 Å². The van der Waals surface area contributed by atoms with Crippen LogP contribution in [0.5, 0.6) is 0 Å². The van der Waals surface area contributed by atoms with Crippen LogP contribution in [0.4, 0.5) is 0 Å². The molecule has 6 nitrogen and oxygen atoms in total. The molecule has 1 amide bonds. The molecule has 100 valence electrons. The highest BCUT2D eigenvalue weighted by Gasteiger charge is 2.32. The Kier molecular flexibility index (Phi) is 3.96. The van der Waals surface area contributed by atoms with Gasteiger partial charge >= 0.3 is 0 Å². The Morgan fingerprint density at radius 3 is 2.78 bits per heavy atom. The van der Waals surface area contributed by atoms with Gasteiger partial charge in [-0.15, -0.1) is 5.10 Å². The Morgan fingerprint density at radius 2 is 2.22 bits per heavy atom. The summed E-state index contributed by atoms with van der Waals surface area (Å²) in [6.07, 6.45) is 7.06. The molecule has 0 unspecified atom stereocenters. The Hall–Kier alpha value is -1.43. The minimum atomic E-state index is -0.195. The van der Waals surface area contributed by atoms with Crippen LogP contribution < -0.4 is 5.32 Å². The smallest absolute Gasteiger partial charge is 0.271 e. The Bertz CT molecular complexity index is 410. The van der Waals surface area contributed by atoms with E-state index in [2.05, 4.69) is 15.6 Å². The number of amides is 1. The highest BCUT2D eigenvalue weighted by molar-refractivity contribution is 5.92. The van der Waals surface area contributed by atoms with E-state index in [1.54, 1.807) is 14.2 Å². The molecular weight excluding hydrogens is 232 g/mol. The van der Waals surface area contributed by atoms with Crippen LogP contribution in [-0.4, -0.2) is 40.2 Å². The van der Waals surface area contributed by atoms with Crippen LogP contribution in [0.3, 0.4) is 0 Å². The average Bonchev–Trinajstić information content (AvgIpc) is 2.83. The van der Waals surface area contributed by atoms with Gasteiger partial charge < -0.3 is 10.1 Å². The first-order valence-corrected chi connectivity index (χ1v) is 6.35. The first-order valence-electron chi connectivity index (χ1n) is 6.35. The number of aryl methyl sites for hydroxylation is 1. The number of hydrogen-bond acceptors (Lipinski definition) is 4. The van der Waals surface area contributed by atoms with Crippen molar-refractivity contribution in [2.75, 3.05) is 13.7 Å². The first kappa shape index (κ1) is 13.0.